The number of amides is 1. The second-order valence-corrected chi connectivity index (χ2v) is 10.3. The molecule has 188 valence electrons. The predicted octanol–water partition coefficient (Wildman–Crippen LogP) is 4.22. The molecule has 0 bridgehead atoms. The molecule has 2 heterocycles. The van der Waals surface area contributed by atoms with E-state index in [9.17, 15) is 9.90 Å². The van der Waals surface area contributed by atoms with Crippen molar-refractivity contribution < 1.29 is 9.90 Å². The number of aliphatic hydroxyl groups is 1. The molecule has 0 aliphatic carbocycles. The molecule has 0 saturated carbocycles. The Hall–Kier alpha value is -3.11. The molecule has 3 rings (SSSR count). The SMILES string of the molecule is CCC(=O)Nc1ccc(Sc2nc(N/C(N)=C/C(C)=N)cc(N3CCC(C(C)(C)O)CC3)n2)cc1. The molecule has 0 atom stereocenters. The molecule has 9 nitrogen and oxygen atoms in total. The van der Waals surface area contributed by atoms with Gasteiger partial charge >= 0.3 is 0 Å². The molecule has 1 amide bonds. The molecule has 1 aromatic heterocycles. The lowest BCUT2D eigenvalue weighted by Crippen LogP contribution is -2.42. The highest BCUT2D eigenvalue weighted by atomic mass is 32.2. The van der Waals surface area contributed by atoms with E-state index in [0.717, 1.165) is 42.3 Å². The summed E-state index contributed by atoms with van der Waals surface area (Å²) in [6.45, 7) is 8.77. The topological polar surface area (TPSA) is 140 Å². The summed E-state index contributed by atoms with van der Waals surface area (Å²) in [6.07, 6.45) is 3.71. The molecule has 0 spiro atoms. The van der Waals surface area contributed by atoms with Gasteiger partial charge < -0.3 is 31.8 Å². The minimum Gasteiger partial charge on any atom is -0.390 e. The molecule has 2 aromatic rings. The van der Waals surface area contributed by atoms with Gasteiger partial charge in [0.15, 0.2) is 5.16 Å². The Morgan fingerprint density at radius 3 is 2.49 bits per heavy atom. The molecule has 1 aromatic carbocycles. The van der Waals surface area contributed by atoms with E-state index in [4.69, 9.17) is 16.1 Å². The summed E-state index contributed by atoms with van der Waals surface area (Å²) in [5.74, 6) is 1.87. The van der Waals surface area contributed by atoms with Crippen LogP contribution >= 0.6 is 11.8 Å². The van der Waals surface area contributed by atoms with Gasteiger partial charge in [0.25, 0.3) is 0 Å². The third-order valence-corrected chi connectivity index (χ3v) is 6.70. The van der Waals surface area contributed by atoms with Crippen molar-refractivity contribution in [3.8, 4) is 0 Å². The summed E-state index contributed by atoms with van der Waals surface area (Å²) in [5.41, 5.74) is 6.42. The van der Waals surface area contributed by atoms with Gasteiger partial charge in [-0.25, -0.2) is 9.97 Å². The largest absolute Gasteiger partial charge is 0.390 e. The molecule has 1 aliphatic rings. The fourth-order valence-corrected chi connectivity index (χ4v) is 4.64. The van der Waals surface area contributed by atoms with Crippen molar-refractivity contribution in [2.45, 2.75) is 62.6 Å². The van der Waals surface area contributed by atoms with Crippen LogP contribution in [0.25, 0.3) is 0 Å². The summed E-state index contributed by atoms with van der Waals surface area (Å²) in [5, 5.41) is 24.5. The molecule has 1 aliphatic heterocycles. The van der Waals surface area contributed by atoms with Crippen LogP contribution in [0.5, 0.6) is 0 Å². The Kier molecular flexibility index (Phi) is 8.74. The summed E-state index contributed by atoms with van der Waals surface area (Å²) in [7, 11) is 0. The van der Waals surface area contributed by atoms with Gasteiger partial charge in [-0.3, -0.25) is 4.79 Å². The molecule has 6 N–H and O–H groups in total. The highest BCUT2D eigenvalue weighted by Crippen LogP contribution is 2.33. The second-order valence-electron chi connectivity index (χ2n) is 9.24. The number of allylic oxidation sites excluding steroid dienone is 1. The zero-order chi connectivity index (χ0) is 25.6. The number of hydrogen-bond donors (Lipinski definition) is 5. The van der Waals surface area contributed by atoms with E-state index in [1.807, 2.05) is 51.1 Å². The second kappa shape index (κ2) is 11.5. The molecule has 0 radical (unpaired) electrons. The molecule has 1 fully saturated rings. The number of carbonyl (C=O) groups excluding carboxylic acids is 1. The van der Waals surface area contributed by atoms with Crippen molar-refractivity contribution in [3.63, 3.8) is 0 Å². The quantitative estimate of drug-likeness (QED) is 0.256. The Morgan fingerprint density at radius 1 is 1.26 bits per heavy atom. The Bertz CT molecular complexity index is 1070. The number of hydrogen-bond acceptors (Lipinski definition) is 9. The van der Waals surface area contributed by atoms with E-state index < -0.39 is 5.60 Å². The average Bonchev–Trinajstić information content (AvgIpc) is 2.79. The zero-order valence-corrected chi connectivity index (χ0v) is 21.6. The number of nitrogens with two attached hydrogens (primary N) is 1. The number of carbonyl (C=O) groups is 1. The van der Waals surface area contributed by atoms with Crippen LogP contribution in [-0.4, -0.2) is 45.4 Å². The highest BCUT2D eigenvalue weighted by molar-refractivity contribution is 7.99. The van der Waals surface area contributed by atoms with E-state index in [-0.39, 0.29) is 11.8 Å². The number of aromatic nitrogens is 2. The lowest BCUT2D eigenvalue weighted by molar-refractivity contribution is -0.115. The van der Waals surface area contributed by atoms with Crippen LogP contribution in [0.15, 0.2) is 52.3 Å². The van der Waals surface area contributed by atoms with Crippen LogP contribution in [0.1, 0.15) is 47.0 Å². The van der Waals surface area contributed by atoms with E-state index in [1.165, 1.54) is 17.8 Å². The fraction of sp³-hybridized carbons (Fsp3) is 0.440. The average molecular weight is 498 g/mol. The van der Waals surface area contributed by atoms with E-state index in [1.54, 1.807) is 6.92 Å². The first-order chi connectivity index (χ1) is 16.5. The lowest BCUT2D eigenvalue weighted by Gasteiger charge is -2.38. The monoisotopic (exact) mass is 497 g/mol. The highest BCUT2D eigenvalue weighted by Gasteiger charge is 2.31. The molecular formula is C25H35N7O2S. The van der Waals surface area contributed by atoms with Crippen LogP contribution in [0, 0.1) is 11.3 Å². The maximum atomic E-state index is 11.6. The summed E-state index contributed by atoms with van der Waals surface area (Å²) in [6, 6.07) is 9.40. The van der Waals surface area contributed by atoms with Gasteiger partial charge in [0.1, 0.15) is 17.5 Å². The number of nitrogens with one attached hydrogen (secondary N) is 3. The van der Waals surface area contributed by atoms with Gasteiger partial charge in [-0.2, -0.15) is 0 Å². The minimum atomic E-state index is -0.696. The summed E-state index contributed by atoms with van der Waals surface area (Å²) >= 11 is 1.41. The van der Waals surface area contributed by atoms with Gasteiger partial charge in [0.2, 0.25) is 5.91 Å². The molecule has 1 saturated heterocycles. The molecule has 35 heavy (non-hydrogen) atoms. The van der Waals surface area contributed by atoms with Crippen LogP contribution in [0.3, 0.4) is 0 Å². The Balaban J connectivity index is 1.82. The van der Waals surface area contributed by atoms with Crippen LogP contribution < -0.4 is 21.3 Å². The summed E-state index contributed by atoms with van der Waals surface area (Å²) in [4.78, 5) is 24.2. The van der Waals surface area contributed by atoms with Gasteiger partial charge in [-0.15, -0.1) is 0 Å². The fourth-order valence-electron chi connectivity index (χ4n) is 3.88. The van der Waals surface area contributed by atoms with Gasteiger partial charge in [-0.05, 0) is 81.6 Å². The van der Waals surface area contributed by atoms with Crippen molar-refractivity contribution in [3.05, 3.63) is 42.2 Å². The maximum absolute atomic E-state index is 11.6. The molecule has 10 heteroatoms. The standard InChI is InChI=1S/C25H35N7O2S/c1-5-23(33)28-18-6-8-19(9-7-18)35-24-30-21(29-20(27)14-16(2)26)15-22(31-24)32-12-10-17(11-13-32)25(3,4)34/h6-9,14-15,17,26,34H,5,10-13,27H2,1-4H3,(H,28,33)(H,29,30,31)/b20-14+,26-16?. The van der Waals surface area contributed by atoms with Crippen molar-refractivity contribution in [1.82, 2.24) is 9.97 Å². The van der Waals surface area contributed by atoms with Crippen LogP contribution in [0.2, 0.25) is 0 Å². The van der Waals surface area contributed by atoms with Crippen LogP contribution in [0.4, 0.5) is 17.3 Å². The van der Waals surface area contributed by atoms with Crippen molar-refractivity contribution >= 4 is 40.7 Å². The van der Waals surface area contributed by atoms with Gasteiger partial charge in [-0.1, -0.05) is 6.92 Å². The Morgan fingerprint density at radius 2 is 1.91 bits per heavy atom. The van der Waals surface area contributed by atoms with Gasteiger partial charge in [0.05, 0.1) is 5.60 Å². The third kappa shape index (κ3) is 7.97. The van der Waals surface area contributed by atoms with Gasteiger partial charge in [0, 0.05) is 41.9 Å². The number of piperidine rings is 1. The Labute approximate surface area is 211 Å². The smallest absolute Gasteiger partial charge is 0.224 e. The first-order valence-electron chi connectivity index (χ1n) is 11.8. The summed E-state index contributed by atoms with van der Waals surface area (Å²) < 4.78 is 0. The lowest BCUT2D eigenvalue weighted by atomic mass is 9.83. The molecule has 0 unspecified atom stereocenters. The third-order valence-electron chi connectivity index (χ3n) is 5.82. The normalized spacial score (nSPS) is 15.1. The van der Waals surface area contributed by atoms with E-state index in [0.29, 0.717) is 28.9 Å². The predicted molar refractivity (Wildman–Crippen MR) is 142 cm³/mol. The number of anilines is 3. The first-order valence-corrected chi connectivity index (χ1v) is 12.6. The van der Waals surface area contributed by atoms with Crippen molar-refractivity contribution in [1.29, 1.82) is 5.41 Å². The minimum absolute atomic E-state index is 0.0312. The zero-order valence-electron chi connectivity index (χ0n) is 20.8. The van der Waals surface area contributed by atoms with E-state index >= 15 is 0 Å². The van der Waals surface area contributed by atoms with E-state index in [2.05, 4.69) is 20.5 Å². The van der Waals surface area contributed by atoms with Crippen LogP contribution in [-0.2, 0) is 4.79 Å². The van der Waals surface area contributed by atoms with Crippen molar-refractivity contribution in [2.75, 3.05) is 28.6 Å². The maximum Gasteiger partial charge on any atom is 0.224 e. The first kappa shape index (κ1) is 26.5. The van der Waals surface area contributed by atoms with Crippen molar-refractivity contribution in [2.24, 2.45) is 11.7 Å². The molecular weight excluding hydrogens is 462 g/mol. The number of rotatable bonds is 9. The number of benzene rings is 1. The number of nitrogens with zero attached hydrogens (tertiary/aromatic N) is 3.